The van der Waals surface area contributed by atoms with Gasteiger partial charge in [0.1, 0.15) is 0 Å². The molecule has 3 aromatic carbocycles. The van der Waals surface area contributed by atoms with Crippen molar-refractivity contribution in [1.82, 2.24) is 0 Å². The highest BCUT2D eigenvalue weighted by Crippen LogP contribution is 2.21. The molecule has 0 saturated heterocycles. The third-order valence-corrected chi connectivity index (χ3v) is 6.82. The van der Waals surface area contributed by atoms with Crippen molar-refractivity contribution in [2.45, 2.75) is 10.6 Å². The Hall–Kier alpha value is -2.19. The van der Waals surface area contributed by atoms with Crippen LogP contribution in [0.5, 0.6) is 0 Å². The van der Waals surface area contributed by atoms with Crippen molar-refractivity contribution in [1.29, 1.82) is 0 Å². The Morgan fingerprint density at radius 2 is 1.53 bits per heavy atom. The standard InChI is InChI=1S/C21H18Cl2N2O3S2/c22-16-4-6-19(7-5-16)25-30(27,28)20-10-8-18(9-11-20)24-21(26)14-29-13-15-2-1-3-17(23)12-15/h1-12,25H,13-14H2,(H,24,26). The molecule has 2 N–H and O–H groups in total. The van der Waals surface area contributed by atoms with E-state index in [9.17, 15) is 13.2 Å². The molecule has 0 fully saturated rings. The second-order valence-electron chi connectivity index (χ2n) is 6.31. The van der Waals surface area contributed by atoms with Crippen molar-refractivity contribution in [2.24, 2.45) is 0 Å². The highest BCUT2D eigenvalue weighted by Gasteiger charge is 2.14. The van der Waals surface area contributed by atoms with Crippen LogP contribution in [0, 0.1) is 0 Å². The van der Waals surface area contributed by atoms with Crippen molar-refractivity contribution in [3.8, 4) is 0 Å². The second-order valence-corrected chi connectivity index (χ2v) is 9.85. The zero-order valence-electron chi connectivity index (χ0n) is 15.6. The first-order valence-electron chi connectivity index (χ1n) is 8.82. The Kier molecular flexibility index (Phi) is 7.66. The fourth-order valence-corrected chi connectivity index (χ4v) is 4.71. The zero-order valence-corrected chi connectivity index (χ0v) is 18.8. The van der Waals surface area contributed by atoms with Crippen molar-refractivity contribution >= 4 is 62.3 Å². The fraction of sp³-hybridized carbons (Fsp3) is 0.0952. The van der Waals surface area contributed by atoms with Gasteiger partial charge in [0.15, 0.2) is 0 Å². The average Bonchev–Trinajstić information content (AvgIpc) is 2.70. The molecule has 0 unspecified atom stereocenters. The first-order valence-corrected chi connectivity index (χ1v) is 12.2. The van der Waals surface area contributed by atoms with E-state index in [2.05, 4.69) is 10.0 Å². The van der Waals surface area contributed by atoms with Gasteiger partial charge in [-0.2, -0.15) is 0 Å². The molecule has 0 aliphatic heterocycles. The quantitative estimate of drug-likeness (QED) is 0.435. The van der Waals surface area contributed by atoms with Crippen molar-refractivity contribution < 1.29 is 13.2 Å². The summed E-state index contributed by atoms with van der Waals surface area (Å²) < 4.78 is 27.4. The van der Waals surface area contributed by atoms with Gasteiger partial charge >= 0.3 is 0 Å². The molecule has 3 rings (SSSR count). The minimum atomic E-state index is -3.74. The number of thioether (sulfide) groups is 1. The molecule has 0 radical (unpaired) electrons. The van der Waals surface area contributed by atoms with E-state index in [0.29, 0.717) is 27.2 Å². The summed E-state index contributed by atoms with van der Waals surface area (Å²) in [6.07, 6.45) is 0. The van der Waals surface area contributed by atoms with Gasteiger partial charge in [-0.15, -0.1) is 11.8 Å². The van der Waals surface area contributed by atoms with E-state index in [0.717, 1.165) is 5.56 Å². The van der Waals surface area contributed by atoms with Crippen LogP contribution < -0.4 is 10.0 Å². The predicted octanol–water partition coefficient (Wildman–Crippen LogP) is 5.67. The number of nitrogens with one attached hydrogen (secondary N) is 2. The highest BCUT2D eigenvalue weighted by atomic mass is 35.5. The molecule has 3 aromatic rings. The molecule has 0 spiro atoms. The van der Waals surface area contributed by atoms with Crippen LogP contribution in [-0.2, 0) is 20.6 Å². The lowest BCUT2D eigenvalue weighted by Gasteiger charge is -2.10. The van der Waals surface area contributed by atoms with Crippen LogP contribution in [-0.4, -0.2) is 20.1 Å². The van der Waals surface area contributed by atoms with Gasteiger partial charge in [0.25, 0.3) is 10.0 Å². The number of halogens is 2. The number of amides is 1. The molecule has 30 heavy (non-hydrogen) atoms. The predicted molar refractivity (Wildman–Crippen MR) is 125 cm³/mol. The molecule has 0 atom stereocenters. The number of hydrogen-bond acceptors (Lipinski definition) is 4. The lowest BCUT2D eigenvalue weighted by molar-refractivity contribution is -0.113. The summed E-state index contributed by atoms with van der Waals surface area (Å²) in [6, 6.07) is 19.8. The fourth-order valence-electron chi connectivity index (χ4n) is 2.53. The Morgan fingerprint density at radius 3 is 2.20 bits per heavy atom. The zero-order chi connectivity index (χ0) is 21.6. The Morgan fingerprint density at radius 1 is 0.867 bits per heavy atom. The van der Waals surface area contributed by atoms with Gasteiger partial charge in [-0.3, -0.25) is 9.52 Å². The molecular formula is C21H18Cl2N2O3S2. The number of sulfonamides is 1. The second kappa shape index (κ2) is 10.2. The van der Waals surface area contributed by atoms with Crippen LogP contribution in [0.15, 0.2) is 77.7 Å². The summed E-state index contributed by atoms with van der Waals surface area (Å²) in [4.78, 5) is 12.2. The normalized spacial score (nSPS) is 11.1. The van der Waals surface area contributed by atoms with Crippen LogP contribution >= 0.6 is 35.0 Å². The maximum atomic E-state index is 12.5. The van der Waals surface area contributed by atoms with E-state index in [1.54, 1.807) is 42.5 Å². The first kappa shape index (κ1) is 22.5. The van der Waals surface area contributed by atoms with E-state index in [4.69, 9.17) is 23.2 Å². The summed E-state index contributed by atoms with van der Waals surface area (Å²) in [7, 11) is -3.74. The topological polar surface area (TPSA) is 75.3 Å². The van der Waals surface area contributed by atoms with E-state index in [1.165, 1.54) is 23.9 Å². The third-order valence-electron chi connectivity index (χ3n) is 3.94. The van der Waals surface area contributed by atoms with Gasteiger partial charge in [0.2, 0.25) is 5.91 Å². The Bertz CT molecular complexity index is 1120. The molecule has 9 heteroatoms. The molecule has 1 amide bonds. The van der Waals surface area contributed by atoms with Gasteiger partial charge in [0.05, 0.1) is 10.6 Å². The van der Waals surface area contributed by atoms with Gasteiger partial charge in [0, 0.05) is 27.2 Å². The van der Waals surface area contributed by atoms with Gasteiger partial charge in [-0.25, -0.2) is 8.42 Å². The molecule has 0 saturated carbocycles. The lowest BCUT2D eigenvalue weighted by Crippen LogP contribution is -2.15. The maximum Gasteiger partial charge on any atom is 0.261 e. The lowest BCUT2D eigenvalue weighted by atomic mass is 10.2. The van der Waals surface area contributed by atoms with E-state index < -0.39 is 10.0 Å². The maximum absolute atomic E-state index is 12.5. The van der Waals surface area contributed by atoms with Gasteiger partial charge in [-0.1, -0.05) is 35.3 Å². The van der Waals surface area contributed by atoms with Crippen LogP contribution in [0.4, 0.5) is 11.4 Å². The number of carbonyl (C=O) groups excluding carboxylic acids is 1. The Balaban J connectivity index is 1.53. The van der Waals surface area contributed by atoms with E-state index in [-0.39, 0.29) is 16.6 Å². The number of rotatable bonds is 8. The number of benzene rings is 3. The third kappa shape index (κ3) is 6.67. The smallest absolute Gasteiger partial charge is 0.261 e. The Labute approximate surface area is 189 Å². The van der Waals surface area contributed by atoms with Gasteiger partial charge < -0.3 is 5.32 Å². The van der Waals surface area contributed by atoms with E-state index in [1.807, 2.05) is 18.2 Å². The minimum Gasteiger partial charge on any atom is -0.325 e. The van der Waals surface area contributed by atoms with Crippen LogP contribution in [0.1, 0.15) is 5.56 Å². The monoisotopic (exact) mass is 480 g/mol. The number of carbonyl (C=O) groups is 1. The summed E-state index contributed by atoms with van der Waals surface area (Å²) in [5, 5.41) is 3.94. The summed E-state index contributed by atoms with van der Waals surface area (Å²) in [5.41, 5.74) is 1.98. The first-order chi connectivity index (χ1) is 14.3. The SMILES string of the molecule is O=C(CSCc1cccc(Cl)c1)Nc1ccc(S(=O)(=O)Nc2ccc(Cl)cc2)cc1. The summed E-state index contributed by atoms with van der Waals surface area (Å²) in [6.45, 7) is 0. The van der Waals surface area contributed by atoms with Crippen molar-refractivity contribution in [2.75, 3.05) is 15.8 Å². The van der Waals surface area contributed by atoms with Crippen LogP contribution in [0.3, 0.4) is 0 Å². The molecule has 0 aliphatic rings. The minimum absolute atomic E-state index is 0.0887. The summed E-state index contributed by atoms with van der Waals surface area (Å²) >= 11 is 13.2. The molecule has 0 aromatic heterocycles. The highest BCUT2D eigenvalue weighted by molar-refractivity contribution is 7.99. The molecule has 156 valence electrons. The van der Waals surface area contributed by atoms with Crippen LogP contribution in [0.25, 0.3) is 0 Å². The van der Waals surface area contributed by atoms with E-state index >= 15 is 0 Å². The summed E-state index contributed by atoms with van der Waals surface area (Å²) in [5.74, 6) is 0.767. The molecular weight excluding hydrogens is 463 g/mol. The molecule has 0 aliphatic carbocycles. The van der Waals surface area contributed by atoms with Gasteiger partial charge in [-0.05, 0) is 66.2 Å². The number of anilines is 2. The van der Waals surface area contributed by atoms with Crippen molar-refractivity contribution in [3.63, 3.8) is 0 Å². The number of hydrogen-bond donors (Lipinski definition) is 2. The largest absolute Gasteiger partial charge is 0.325 e. The molecule has 0 heterocycles. The molecule has 0 bridgehead atoms. The van der Waals surface area contributed by atoms with Crippen LogP contribution in [0.2, 0.25) is 10.0 Å². The molecule has 5 nitrogen and oxygen atoms in total. The average molecular weight is 481 g/mol. The van der Waals surface area contributed by atoms with Crippen molar-refractivity contribution in [3.05, 3.63) is 88.4 Å².